The fraction of sp³-hybridized carbons (Fsp3) is 0.353. The van der Waals surface area contributed by atoms with Gasteiger partial charge in [0.1, 0.15) is 5.75 Å². The van der Waals surface area contributed by atoms with Crippen molar-refractivity contribution in [1.82, 2.24) is 4.57 Å². The first-order valence-corrected chi connectivity index (χ1v) is 7.22. The van der Waals surface area contributed by atoms with Crippen LogP contribution in [0.15, 0.2) is 41.3 Å². The fourth-order valence-corrected chi connectivity index (χ4v) is 2.29. The Morgan fingerprint density at radius 2 is 2.05 bits per heavy atom. The Kier molecular flexibility index (Phi) is 5.04. The molecular weight excluding hydrogens is 264 g/mol. The summed E-state index contributed by atoms with van der Waals surface area (Å²) in [5.41, 5.74) is 3.27. The van der Waals surface area contributed by atoms with Gasteiger partial charge in [0.2, 0.25) is 0 Å². The van der Waals surface area contributed by atoms with Crippen LogP contribution >= 0.6 is 0 Å². The van der Waals surface area contributed by atoms with E-state index >= 15 is 0 Å². The van der Waals surface area contributed by atoms with Crippen LogP contribution in [0.5, 0.6) is 5.75 Å². The van der Waals surface area contributed by atoms with Gasteiger partial charge in [-0.05, 0) is 25.5 Å². The first-order chi connectivity index (χ1) is 10.1. The molecule has 0 spiro atoms. The van der Waals surface area contributed by atoms with E-state index in [0.717, 1.165) is 30.0 Å². The van der Waals surface area contributed by atoms with Gasteiger partial charge in [-0.1, -0.05) is 24.6 Å². The zero-order valence-corrected chi connectivity index (χ0v) is 12.8. The lowest BCUT2D eigenvalue weighted by Crippen LogP contribution is -2.18. The summed E-state index contributed by atoms with van der Waals surface area (Å²) in [6, 6.07) is 9.53. The average molecular weight is 286 g/mol. The molecular formula is C17H22N2O2. The molecule has 1 N–H and O–H groups in total. The molecule has 0 radical (unpaired) electrons. The Bertz CT molecular complexity index is 662. The normalized spacial score (nSPS) is 10.4. The maximum absolute atomic E-state index is 11.7. The highest BCUT2D eigenvalue weighted by Crippen LogP contribution is 2.20. The maximum Gasteiger partial charge on any atom is 0.250 e. The number of hydrogen-bond donors (Lipinski definition) is 1. The van der Waals surface area contributed by atoms with Crippen molar-refractivity contribution in [2.45, 2.75) is 33.4 Å². The largest absolute Gasteiger partial charge is 0.496 e. The smallest absolute Gasteiger partial charge is 0.250 e. The molecule has 21 heavy (non-hydrogen) atoms. The van der Waals surface area contributed by atoms with Crippen LogP contribution < -0.4 is 15.6 Å². The Morgan fingerprint density at radius 3 is 2.76 bits per heavy atom. The number of benzene rings is 1. The van der Waals surface area contributed by atoms with Gasteiger partial charge in [0, 0.05) is 30.9 Å². The summed E-state index contributed by atoms with van der Waals surface area (Å²) in [5.74, 6) is 0.870. The molecule has 112 valence electrons. The molecule has 0 unspecified atom stereocenters. The third kappa shape index (κ3) is 3.88. The van der Waals surface area contributed by atoms with Gasteiger partial charge in [0.15, 0.2) is 0 Å². The highest BCUT2D eigenvalue weighted by atomic mass is 16.5. The van der Waals surface area contributed by atoms with E-state index in [1.807, 2.05) is 24.4 Å². The summed E-state index contributed by atoms with van der Waals surface area (Å²) in [6.07, 6.45) is 2.81. The number of aromatic nitrogens is 1. The zero-order valence-electron chi connectivity index (χ0n) is 12.8. The SMILES string of the molecule is CCCn1cc(NCc2cc(C)ccc2OC)ccc1=O. The van der Waals surface area contributed by atoms with Crippen LogP contribution in [0, 0.1) is 6.92 Å². The summed E-state index contributed by atoms with van der Waals surface area (Å²) in [6.45, 7) is 5.52. The Hall–Kier alpha value is -2.23. The summed E-state index contributed by atoms with van der Waals surface area (Å²) in [7, 11) is 1.68. The second-order valence-electron chi connectivity index (χ2n) is 5.12. The fourth-order valence-electron chi connectivity index (χ4n) is 2.29. The summed E-state index contributed by atoms with van der Waals surface area (Å²) >= 11 is 0. The molecule has 0 atom stereocenters. The van der Waals surface area contributed by atoms with Gasteiger partial charge in [-0.2, -0.15) is 0 Å². The van der Waals surface area contributed by atoms with E-state index in [9.17, 15) is 4.79 Å². The zero-order chi connectivity index (χ0) is 15.2. The van der Waals surface area contributed by atoms with E-state index in [1.54, 1.807) is 17.7 Å². The monoisotopic (exact) mass is 286 g/mol. The van der Waals surface area contributed by atoms with E-state index in [1.165, 1.54) is 5.56 Å². The standard InChI is InChI=1S/C17H22N2O2/c1-4-9-19-12-15(6-8-17(19)20)18-11-14-10-13(2)5-7-16(14)21-3/h5-8,10,12,18H,4,9,11H2,1-3H3. The minimum Gasteiger partial charge on any atom is -0.496 e. The highest BCUT2D eigenvalue weighted by Gasteiger charge is 2.04. The lowest BCUT2D eigenvalue weighted by molar-refractivity contribution is 0.410. The molecule has 0 aliphatic carbocycles. The predicted octanol–water partition coefficient (Wildman–Crippen LogP) is 3.19. The molecule has 4 nitrogen and oxygen atoms in total. The van der Waals surface area contributed by atoms with Crippen molar-refractivity contribution in [3.05, 3.63) is 58.0 Å². The number of pyridine rings is 1. The minimum atomic E-state index is 0.0375. The number of aryl methyl sites for hydroxylation is 2. The predicted molar refractivity (Wildman–Crippen MR) is 86.1 cm³/mol. The van der Waals surface area contributed by atoms with E-state index in [0.29, 0.717) is 6.54 Å². The molecule has 2 rings (SSSR count). The summed E-state index contributed by atoms with van der Waals surface area (Å²) < 4.78 is 7.11. The highest BCUT2D eigenvalue weighted by molar-refractivity contribution is 5.44. The van der Waals surface area contributed by atoms with Crippen molar-refractivity contribution in [3.63, 3.8) is 0 Å². The van der Waals surface area contributed by atoms with Crippen LogP contribution in [-0.2, 0) is 13.1 Å². The lowest BCUT2D eigenvalue weighted by atomic mass is 10.1. The topological polar surface area (TPSA) is 43.3 Å². The molecule has 0 bridgehead atoms. The van der Waals surface area contributed by atoms with Crippen LogP contribution in [0.3, 0.4) is 0 Å². The van der Waals surface area contributed by atoms with Gasteiger partial charge in [-0.3, -0.25) is 4.79 Å². The number of nitrogens with one attached hydrogen (secondary N) is 1. The second-order valence-corrected chi connectivity index (χ2v) is 5.12. The van der Waals surface area contributed by atoms with Crippen molar-refractivity contribution < 1.29 is 4.74 Å². The molecule has 0 fully saturated rings. The number of rotatable bonds is 6. The average Bonchev–Trinajstić information content (AvgIpc) is 2.48. The molecule has 0 aliphatic heterocycles. The van der Waals surface area contributed by atoms with Gasteiger partial charge >= 0.3 is 0 Å². The number of hydrogen-bond acceptors (Lipinski definition) is 3. The Morgan fingerprint density at radius 1 is 1.24 bits per heavy atom. The van der Waals surface area contributed by atoms with Crippen LogP contribution in [0.1, 0.15) is 24.5 Å². The summed E-state index contributed by atoms with van der Waals surface area (Å²) in [5, 5.41) is 3.35. The van der Waals surface area contributed by atoms with Crippen LogP contribution in [0.4, 0.5) is 5.69 Å². The van der Waals surface area contributed by atoms with Gasteiger partial charge in [-0.15, -0.1) is 0 Å². The van der Waals surface area contributed by atoms with Crippen LogP contribution in [-0.4, -0.2) is 11.7 Å². The molecule has 4 heteroatoms. The molecule has 0 saturated carbocycles. The third-order valence-electron chi connectivity index (χ3n) is 3.37. The minimum absolute atomic E-state index is 0.0375. The molecule has 0 saturated heterocycles. The maximum atomic E-state index is 11.7. The van der Waals surface area contributed by atoms with E-state index in [-0.39, 0.29) is 5.56 Å². The van der Waals surface area contributed by atoms with E-state index < -0.39 is 0 Å². The van der Waals surface area contributed by atoms with Gasteiger partial charge < -0.3 is 14.6 Å². The van der Waals surface area contributed by atoms with E-state index in [4.69, 9.17) is 4.74 Å². The molecule has 1 heterocycles. The number of methoxy groups -OCH3 is 1. The van der Waals surface area contributed by atoms with E-state index in [2.05, 4.69) is 25.2 Å². The summed E-state index contributed by atoms with van der Waals surface area (Å²) in [4.78, 5) is 11.7. The lowest BCUT2D eigenvalue weighted by Gasteiger charge is -2.12. The van der Waals surface area contributed by atoms with Crippen molar-refractivity contribution in [3.8, 4) is 5.75 Å². The van der Waals surface area contributed by atoms with Crippen molar-refractivity contribution in [2.75, 3.05) is 12.4 Å². The number of anilines is 1. The second kappa shape index (κ2) is 6.97. The molecule has 1 aromatic heterocycles. The number of nitrogens with zero attached hydrogens (tertiary/aromatic N) is 1. The molecule has 0 aliphatic rings. The van der Waals surface area contributed by atoms with Gasteiger partial charge in [-0.25, -0.2) is 0 Å². The van der Waals surface area contributed by atoms with Gasteiger partial charge in [0.05, 0.1) is 12.8 Å². The Labute approximate surface area is 125 Å². The number of ether oxygens (including phenoxy) is 1. The third-order valence-corrected chi connectivity index (χ3v) is 3.37. The quantitative estimate of drug-likeness (QED) is 0.887. The first kappa shape index (κ1) is 15.2. The molecule has 2 aromatic rings. The van der Waals surface area contributed by atoms with Crippen LogP contribution in [0.2, 0.25) is 0 Å². The first-order valence-electron chi connectivity index (χ1n) is 7.22. The van der Waals surface area contributed by atoms with Crippen molar-refractivity contribution in [1.29, 1.82) is 0 Å². The van der Waals surface area contributed by atoms with Crippen molar-refractivity contribution >= 4 is 5.69 Å². The van der Waals surface area contributed by atoms with Gasteiger partial charge in [0.25, 0.3) is 5.56 Å². The van der Waals surface area contributed by atoms with Crippen molar-refractivity contribution in [2.24, 2.45) is 0 Å². The molecule has 1 aromatic carbocycles. The molecule has 0 amide bonds. The van der Waals surface area contributed by atoms with Crippen LogP contribution in [0.25, 0.3) is 0 Å². The Balaban J connectivity index is 2.14.